The van der Waals surface area contributed by atoms with Crippen molar-refractivity contribution in [3.8, 4) is 0 Å². The molecule has 0 bridgehead atoms. The number of hydrogen-bond donors (Lipinski definition) is 0. The van der Waals surface area contributed by atoms with Crippen LogP contribution < -0.4 is 4.90 Å². The molecule has 1 amide bonds. The molecule has 0 radical (unpaired) electrons. The smallest absolute Gasteiger partial charge is 0.260 e. The van der Waals surface area contributed by atoms with Crippen molar-refractivity contribution in [1.82, 2.24) is 9.97 Å². The Kier molecular flexibility index (Phi) is 5.17. The van der Waals surface area contributed by atoms with Gasteiger partial charge < -0.3 is 0 Å². The standard InChI is InChI=1S/C23H21N3OS/c1-3-17-9-7-12-20-21(17)25-23(28-20)26(15-19-11-4-5-13-24-19)22(27)18-10-6-8-16(2)14-18/h4-14H,3,15H2,1-2H3. The van der Waals surface area contributed by atoms with Gasteiger partial charge in [0.15, 0.2) is 5.13 Å². The molecule has 0 aliphatic heterocycles. The summed E-state index contributed by atoms with van der Waals surface area (Å²) in [6.45, 7) is 4.50. The van der Waals surface area contributed by atoms with Crippen LogP contribution in [0.15, 0.2) is 66.9 Å². The average molecular weight is 388 g/mol. The van der Waals surface area contributed by atoms with E-state index in [4.69, 9.17) is 4.98 Å². The van der Waals surface area contributed by atoms with Crippen LogP contribution in [-0.2, 0) is 13.0 Å². The summed E-state index contributed by atoms with van der Waals surface area (Å²) in [5, 5.41) is 0.702. The van der Waals surface area contributed by atoms with E-state index in [0.717, 1.165) is 27.9 Å². The Morgan fingerprint density at radius 3 is 2.68 bits per heavy atom. The first-order chi connectivity index (χ1) is 13.7. The number of rotatable bonds is 5. The number of aromatic nitrogens is 2. The number of para-hydroxylation sites is 1. The number of fused-ring (bicyclic) bond motifs is 1. The van der Waals surface area contributed by atoms with Gasteiger partial charge in [-0.3, -0.25) is 14.7 Å². The zero-order valence-electron chi connectivity index (χ0n) is 15.9. The van der Waals surface area contributed by atoms with Crippen molar-refractivity contribution in [3.05, 3.63) is 89.2 Å². The Morgan fingerprint density at radius 1 is 1.07 bits per heavy atom. The zero-order chi connectivity index (χ0) is 19.5. The highest BCUT2D eigenvalue weighted by atomic mass is 32.1. The Labute approximate surface area is 168 Å². The second-order valence-electron chi connectivity index (χ2n) is 6.70. The van der Waals surface area contributed by atoms with Crippen LogP contribution in [0.2, 0.25) is 0 Å². The van der Waals surface area contributed by atoms with E-state index in [1.54, 1.807) is 22.4 Å². The fourth-order valence-electron chi connectivity index (χ4n) is 3.21. The number of anilines is 1. The van der Waals surface area contributed by atoms with Crippen molar-refractivity contribution in [2.24, 2.45) is 0 Å². The minimum atomic E-state index is -0.0635. The summed E-state index contributed by atoms with van der Waals surface area (Å²) in [6.07, 6.45) is 2.66. The number of carbonyl (C=O) groups is 1. The molecule has 4 rings (SSSR count). The number of thiazole rings is 1. The van der Waals surface area contributed by atoms with Gasteiger partial charge in [-0.2, -0.15) is 0 Å². The SMILES string of the molecule is CCc1cccc2sc(N(Cc3ccccn3)C(=O)c3cccc(C)c3)nc12. The lowest BCUT2D eigenvalue weighted by molar-refractivity contribution is 0.0984. The lowest BCUT2D eigenvalue weighted by Crippen LogP contribution is -2.30. The highest BCUT2D eigenvalue weighted by Gasteiger charge is 2.22. The van der Waals surface area contributed by atoms with Crippen LogP contribution in [0.5, 0.6) is 0 Å². The molecule has 0 saturated heterocycles. The summed E-state index contributed by atoms with van der Waals surface area (Å²) < 4.78 is 1.09. The van der Waals surface area contributed by atoms with E-state index in [1.165, 1.54) is 5.56 Å². The molecule has 4 aromatic rings. The quantitative estimate of drug-likeness (QED) is 0.460. The molecule has 0 aliphatic rings. The predicted octanol–water partition coefficient (Wildman–Crippen LogP) is 5.41. The maximum atomic E-state index is 13.4. The van der Waals surface area contributed by atoms with Gasteiger partial charge in [-0.25, -0.2) is 4.98 Å². The van der Waals surface area contributed by atoms with E-state index in [1.807, 2.05) is 49.4 Å². The molecule has 4 nitrogen and oxygen atoms in total. The highest BCUT2D eigenvalue weighted by Crippen LogP contribution is 2.32. The molecule has 2 aromatic carbocycles. The van der Waals surface area contributed by atoms with Crippen LogP contribution in [0.4, 0.5) is 5.13 Å². The van der Waals surface area contributed by atoms with E-state index in [0.29, 0.717) is 17.2 Å². The highest BCUT2D eigenvalue weighted by molar-refractivity contribution is 7.22. The third-order valence-electron chi connectivity index (χ3n) is 4.66. The van der Waals surface area contributed by atoms with Crippen LogP contribution in [0.1, 0.15) is 34.1 Å². The van der Waals surface area contributed by atoms with Crippen molar-refractivity contribution in [2.45, 2.75) is 26.8 Å². The first kappa shape index (κ1) is 18.3. The fourth-order valence-corrected chi connectivity index (χ4v) is 4.22. The molecule has 28 heavy (non-hydrogen) atoms. The molecule has 0 atom stereocenters. The summed E-state index contributed by atoms with van der Waals surface area (Å²) in [5.74, 6) is -0.0635. The maximum Gasteiger partial charge on any atom is 0.260 e. The van der Waals surface area contributed by atoms with Gasteiger partial charge in [0.1, 0.15) is 0 Å². The number of amides is 1. The Balaban J connectivity index is 1.79. The van der Waals surface area contributed by atoms with Crippen LogP contribution in [0.3, 0.4) is 0 Å². The molecule has 0 saturated carbocycles. The third-order valence-corrected chi connectivity index (χ3v) is 5.70. The Bertz CT molecular complexity index is 1120. The average Bonchev–Trinajstić information content (AvgIpc) is 3.16. The van der Waals surface area contributed by atoms with Gasteiger partial charge in [0.05, 0.1) is 22.5 Å². The topological polar surface area (TPSA) is 46.1 Å². The van der Waals surface area contributed by atoms with Crippen LogP contribution in [-0.4, -0.2) is 15.9 Å². The summed E-state index contributed by atoms with van der Waals surface area (Å²) in [7, 11) is 0. The summed E-state index contributed by atoms with van der Waals surface area (Å²) in [6, 6.07) is 19.6. The van der Waals surface area contributed by atoms with Gasteiger partial charge in [-0.15, -0.1) is 0 Å². The van der Waals surface area contributed by atoms with Crippen molar-refractivity contribution >= 4 is 32.6 Å². The molecule has 0 aliphatic carbocycles. The van der Waals surface area contributed by atoms with E-state index >= 15 is 0 Å². The molecular formula is C23H21N3OS. The Hall–Kier alpha value is -3.05. The number of aryl methyl sites for hydroxylation is 2. The number of nitrogens with zero attached hydrogens (tertiary/aromatic N) is 3. The molecular weight excluding hydrogens is 366 g/mol. The minimum Gasteiger partial charge on any atom is -0.278 e. The maximum absolute atomic E-state index is 13.4. The van der Waals surface area contributed by atoms with Crippen LogP contribution in [0.25, 0.3) is 10.2 Å². The monoisotopic (exact) mass is 387 g/mol. The number of pyridine rings is 1. The van der Waals surface area contributed by atoms with Gasteiger partial charge in [0.25, 0.3) is 5.91 Å². The van der Waals surface area contributed by atoms with Crippen molar-refractivity contribution in [2.75, 3.05) is 4.90 Å². The zero-order valence-corrected chi connectivity index (χ0v) is 16.7. The molecule has 2 aromatic heterocycles. The lowest BCUT2D eigenvalue weighted by Gasteiger charge is -2.20. The second-order valence-corrected chi connectivity index (χ2v) is 7.70. The molecule has 0 N–H and O–H groups in total. The van der Waals surface area contributed by atoms with Gasteiger partial charge in [0, 0.05) is 11.8 Å². The third kappa shape index (κ3) is 3.66. The summed E-state index contributed by atoms with van der Waals surface area (Å²) in [5.41, 5.74) is 4.72. The minimum absolute atomic E-state index is 0.0635. The molecule has 0 fully saturated rings. The molecule has 2 heterocycles. The van der Waals surface area contributed by atoms with Gasteiger partial charge >= 0.3 is 0 Å². The van der Waals surface area contributed by atoms with E-state index < -0.39 is 0 Å². The molecule has 0 spiro atoms. The first-order valence-electron chi connectivity index (χ1n) is 9.32. The van der Waals surface area contributed by atoms with Crippen molar-refractivity contribution in [1.29, 1.82) is 0 Å². The number of hydrogen-bond acceptors (Lipinski definition) is 4. The van der Waals surface area contributed by atoms with Gasteiger partial charge in [-0.1, -0.05) is 54.2 Å². The van der Waals surface area contributed by atoms with Crippen molar-refractivity contribution < 1.29 is 4.79 Å². The Morgan fingerprint density at radius 2 is 1.93 bits per heavy atom. The number of benzene rings is 2. The van der Waals surface area contributed by atoms with Crippen LogP contribution in [0, 0.1) is 6.92 Å². The fraction of sp³-hybridized carbons (Fsp3) is 0.174. The molecule has 5 heteroatoms. The number of carbonyl (C=O) groups excluding carboxylic acids is 1. The summed E-state index contributed by atoms with van der Waals surface area (Å²) >= 11 is 1.55. The van der Waals surface area contributed by atoms with Gasteiger partial charge in [-0.05, 0) is 49.2 Å². The van der Waals surface area contributed by atoms with Crippen molar-refractivity contribution in [3.63, 3.8) is 0 Å². The van der Waals surface area contributed by atoms with E-state index in [-0.39, 0.29) is 5.91 Å². The lowest BCUT2D eigenvalue weighted by atomic mass is 10.1. The second kappa shape index (κ2) is 7.90. The largest absolute Gasteiger partial charge is 0.278 e. The summed E-state index contributed by atoms with van der Waals surface area (Å²) in [4.78, 5) is 24.4. The van der Waals surface area contributed by atoms with Crippen LogP contribution >= 0.6 is 11.3 Å². The van der Waals surface area contributed by atoms with E-state index in [2.05, 4.69) is 30.1 Å². The van der Waals surface area contributed by atoms with E-state index in [9.17, 15) is 4.79 Å². The predicted molar refractivity (Wildman–Crippen MR) is 115 cm³/mol. The normalized spacial score (nSPS) is 10.9. The van der Waals surface area contributed by atoms with Gasteiger partial charge in [0.2, 0.25) is 0 Å². The molecule has 0 unspecified atom stereocenters. The first-order valence-corrected chi connectivity index (χ1v) is 10.1. The molecule has 140 valence electrons.